The van der Waals surface area contributed by atoms with Gasteiger partial charge in [0.05, 0.1) is 29.1 Å². The van der Waals surface area contributed by atoms with Gasteiger partial charge in [0, 0.05) is 12.7 Å². The number of carboxylic acids is 1. The Morgan fingerprint density at radius 3 is 2.41 bits per heavy atom. The topological polar surface area (TPSA) is 97.6 Å². The van der Waals surface area contributed by atoms with Crippen molar-refractivity contribution >= 4 is 32.6 Å². The maximum Gasteiger partial charge on any atom is 0.308 e. The summed E-state index contributed by atoms with van der Waals surface area (Å²) in [5.74, 6) is -0.838. The van der Waals surface area contributed by atoms with Crippen LogP contribution in [0, 0.1) is 19.8 Å². The Bertz CT molecular complexity index is 1160. The van der Waals surface area contributed by atoms with Gasteiger partial charge in [-0.3, -0.25) is 9.52 Å². The molecule has 0 radical (unpaired) electrons. The summed E-state index contributed by atoms with van der Waals surface area (Å²) in [4.78, 5) is 11.4. The van der Waals surface area contributed by atoms with Gasteiger partial charge < -0.3 is 14.4 Å². The SMILES string of the molecule is COc1cc(C)c(S(=O)(=O)Nc2ccc3ccn(CC(C)C(=O)O)c3c2)c(C)c1. The molecule has 0 spiro atoms. The lowest BCUT2D eigenvalue weighted by Crippen LogP contribution is -2.17. The van der Waals surface area contributed by atoms with Gasteiger partial charge >= 0.3 is 5.97 Å². The van der Waals surface area contributed by atoms with Crippen molar-refractivity contribution in [2.45, 2.75) is 32.2 Å². The highest BCUT2D eigenvalue weighted by molar-refractivity contribution is 7.92. The van der Waals surface area contributed by atoms with E-state index in [2.05, 4.69) is 4.72 Å². The summed E-state index contributed by atoms with van der Waals surface area (Å²) in [6.07, 6.45) is 1.81. The molecule has 0 aliphatic rings. The normalized spacial score (nSPS) is 12.7. The van der Waals surface area contributed by atoms with Crippen molar-refractivity contribution in [2.75, 3.05) is 11.8 Å². The smallest absolute Gasteiger partial charge is 0.308 e. The second-order valence-electron chi connectivity index (χ2n) is 7.18. The number of carbonyl (C=O) groups is 1. The fraction of sp³-hybridized carbons (Fsp3) is 0.286. The molecule has 0 fully saturated rings. The number of nitrogens with zero attached hydrogens (tertiary/aromatic N) is 1. The number of nitrogens with one attached hydrogen (secondary N) is 1. The monoisotopic (exact) mass is 416 g/mol. The van der Waals surface area contributed by atoms with Crippen LogP contribution < -0.4 is 9.46 Å². The third-order valence-corrected chi connectivity index (χ3v) is 6.54. The lowest BCUT2D eigenvalue weighted by Gasteiger charge is -2.15. The van der Waals surface area contributed by atoms with Crippen LogP contribution in [0.15, 0.2) is 47.5 Å². The van der Waals surface area contributed by atoms with E-state index in [1.54, 1.807) is 51.2 Å². The predicted molar refractivity (Wildman–Crippen MR) is 112 cm³/mol. The average molecular weight is 416 g/mol. The summed E-state index contributed by atoms with van der Waals surface area (Å²) in [7, 11) is -2.27. The van der Waals surface area contributed by atoms with E-state index in [-0.39, 0.29) is 4.90 Å². The van der Waals surface area contributed by atoms with Crippen LogP contribution >= 0.6 is 0 Å². The van der Waals surface area contributed by atoms with Crippen molar-refractivity contribution in [3.63, 3.8) is 0 Å². The third-order valence-electron chi connectivity index (χ3n) is 4.86. The fourth-order valence-corrected chi connectivity index (χ4v) is 4.94. The Hall–Kier alpha value is -3.00. The number of carboxylic acid groups (broad SMARTS) is 1. The summed E-state index contributed by atoms with van der Waals surface area (Å²) in [5.41, 5.74) is 2.36. The summed E-state index contributed by atoms with van der Waals surface area (Å²) in [6.45, 7) is 5.39. The highest BCUT2D eigenvalue weighted by Gasteiger charge is 2.21. The fourth-order valence-electron chi connectivity index (χ4n) is 3.44. The maximum absolute atomic E-state index is 13.0. The highest BCUT2D eigenvalue weighted by atomic mass is 32.2. The van der Waals surface area contributed by atoms with Crippen LogP contribution in [0.25, 0.3) is 10.9 Å². The molecule has 1 atom stereocenters. The van der Waals surface area contributed by atoms with Crippen LogP contribution in [0.1, 0.15) is 18.1 Å². The van der Waals surface area contributed by atoms with Crippen molar-refractivity contribution in [1.29, 1.82) is 0 Å². The molecule has 0 bridgehead atoms. The molecule has 1 aromatic heterocycles. The summed E-state index contributed by atoms with van der Waals surface area (Å²) in [5, 5.41) is 10.1. The molecular formula is C21H24N2O5S. The first-order valence-electron chi connectivity index (χ1n) is 9.12. The molecule has 3 rings (SSSR count). The number of hydrogen-bond acceptors (Lipinski definition) is 4. The molecule has 1 unspecified atom stereocenters. The Kier molecular flexibility index (Phi) is 5.57. The van der Waals surface area contributed by atoms with E-state index in [0.717, 1.165) is 10.9 Å². The number of aliphatic carboxylic acids is 1. The van der Waals surface area contributed by atoms with Crippen LogP contribution in [-0.2, 0) is 21.4 Å². The van der Waals surface area contributed by atoms with Gasteiger partial charge in [0.1, 0.15) is 5.75 Å². The zero-order valence-electron chi connectivity index (χ0n) is 16.8. The van der Waals surface area contributed by atoms with Gasteiger partial charge in [-0.1, -0.05) is 13.0 Å². The number of sulfonamides is 1. The van der Waals surface area contributed by atoms with Crippen molar-refractivity contribution in [3.05, 3.63) is 53.7 Å². The van der Waals surface area contributed by atoms with E-state index in [0.29, 0.717) is 29.1 Å². The molecule has 0 aliphatic heterocycles. The van der Waals surface area contributed by atoms with Crippen molar-refractivity contribution < 1.29 is 23.1 Å². The number of methoxy groups -OCH3 is 1. The Morgan fingerprint density at radius 1 is 1.17 bits per heavy atom. The lowest BCUT2D eigenvalue weighted by molar-refractivity contribution is -0.141. The minimum atomic E-state index is -3.81. The molecule has 0 saturated carbocycles. The lowest BCUT2D eigenvalue weighted by atomic mass is 10.1. The quantitative estimate of drug-likeness (QED) is 0.611. The number of aromatic nitrogens is 1. The summed E-state index contributed by atoms with van der Waals surface area (Å²) < 4.78 is 35.7. The first kappa shape index (κ1) is 20.7. The van der Waals surface area contributed by atoms with Crippen molar-refractivity contribution in [2.24, 2.45) is 5.92 Å². The van der Waals surface area contributed by atoms with Crippen molar-refractivity contribution in [3.8, 4) is 5.75 Å². The van der Waals surface area contributed by atoms with Gasteiger partial charge in [-0.15, -0.1) is 0 Å². The van der Waals surface area contributed by atoms with Crippen LogP contribution in [0.5, 0.6) is 5.75 Å². The first-order valence-corrected chi connectivity index (χ1v) is 10.6. The molecule has 0 amide bonds. The number of fused-ring (bicyclic) bond motifs is 1. The van der Waals surface area contributed by atoms with Crippen LogP contribution in [0.4, 0.5) is 5.69 Å². The van der Waals surface area contributed by atoms with Gasteiger partial charge in [-0.2, -0.15) is 0 Å². The minimum absolute atomic E-state index is 0.216. The average Bonchev–Trinajstić information content (AvgIpc) is 3.02. The van der Waals surface area contributed by atoms with Gasteiger partial charge in [0.25, 0.3) is 10.0 Å². The maximum atomic E-state index is 13.0. The molecule has 7 nitrogen and oxygen atoms in total. The van der Waals surface area contributed by atoms with E-state index in [1.165, 1.54) is 7.11 Å². The van der Waals surface area contributed by atoms with Gasteiger partial charge in [0.2, 0.25) is 0 Å². The molecule has 0 saturated heterocycles. The predicted octanol–water partition coefficient (Wildman–Crippen LogP) is 3.79. The largest absolute Gasteiger partial charge is 0.497 e. The number of hydrogen-bond donors (Lipinski definition) is 2. The Morgan fingerprint density at radius 2 is 1.83 bits per heavy atom. The second-order valence-corrected chi connectivity index (χ2v) is 8.80. The van der Waals surface area contributed by atoms with Gasteiger partial charge in [-0.25, -0.2) is 8.42 Å². The van der Waals surface area contributed by atoms with Crippen LogP contribution in [-0.4, -0.2) is 31.2 Å². The summed E-state index contributed by atoms with van der Waals surface area (Å²) >= 11 is 0. The van der Waals surface area contributed by atoms with Crippen molar-refractivity contribution in [1.82, 2.24) is 4.57 Å². The number of aryl methyl sites for hydroxylation is 2. The molecule has 0 aliphatic carbocycles. The molecule has 3 aromatic rings. The molecule has 2 aromatic carbocycles. The number of ether oxygens (including phenoxy) is 1. The zero-order chi connectivity index (χ0) is 21.3. The molecular weight excluding hydrogens is 392 g/mol. The minimum Gasteiger partial charge on any atom is -0.497 e. The zero-order valence-corrected chi connectivity index (χ0v) is 17.6. The van der Waals surface area contributed by atoms with E-state index >= 15 is 0 Å². The summed E-state index contributed by atoms with van der Waals surface area (Å²) in [6, 6.07) is 10.5. The van der Waals surface area contributed by atoms with E-state index in [1.807, 2.05) is 16.7 Å². The van der Waals surface area contributed by atoms with Gasteiger partial charge in [0.15, 0.2) is 0 Å². The molecule has 8 heteroatoms. The van der Waals surface area contributed by atoms with Crippen LogP contribution in [0.2, 0.25) is 0 Å². The molecule has 29 heavy (non-hydrogen) atoms. The third kappa shape index (κ3) is 4.22. The molecule has 154 valence electrons. The Labute approximate surface area is 170 Å². The van der Waals surface area contributed by atoms with E-state index in [4.69, 9.17) is 9.84 Å². The second kappa shape index (κ2) is 7.79. The van der Waals surface area contributed by atoms with E-state index < -0.39 is 21.9 Å². The molecule has 1 heterocycles. The van der Waals surface area contributed by atoms with E-state index in [9.17, 15) is 13.2 Å². The standard InChI is InChI=1S/C21H24N2O5S/c1-13-9-18(28-4)10-14(2)20(13)29(26,27)22-17-6-5-16-7-8-23(19(16)11-17)12-15(3)21(24)25/h5-11,15,22H,12H2,1-4H3,(H,24,25). The highest BCUT2D eigenvalue weighted by Crippen LogP contribution is 2.29. The number of benzene rings is 2. The Balaban J connectivity index is 1.96. The number of rotatable bonds is 7. The van der Waals surface area contributed by atoms with Crippen LogP contribution in [0.3, 0.4) is 0 Å². The first-order chi connectivity index (χ1) is 13.6. The molecule has 2 N–H and O–H groups in total. The number of anilines is 1. The van der Waals surface area contributed by atoms with Gasteiger partial charge in [-0.05, 0) is 60.7 Å².